The highest BCUT2D eigenvalue weighted by Gasteiger charge is 2.45. The molecule has 2 aliphatic carbocycles. The van der Waals surface area contributed by atoms with Crippen molar-refractivity contribution in [2.45, 2.75) is 77.5 Å². The fourth-order valence-corrected chi connectivity index (χ4v) is 4.43. The quantitative estimate of drug-likeness (QED) is 0.173. The first-order chi connectivity index (χ1) is 15.6. The molecule has 0 aromatic carbocycles. The van der Waals surface area contributed by atoms with E-state index < -0.39 is 41.8 Å². The van der Waals surface area contributed by atoms with Gasteiger partial charge in [-0.2, -0.15) is 13.2 Å². The van der Waals surface area contributed by atoms with Gasteiger partial charge in [0.05, 0.1) is 5.69 Å². The molecule has 9 heteroatoms. The van der Waals surface area contributed by atoms with Crippen molar-refractivity contribution in [1.29, 1.82) is 0 Å². The Hall–Kier alpha value is -2.71. The standard InChI is InChI=1S/C24H28F3NO5/c1-2-3-4-5-6-7-19(29)33-13-17-16(10-11-18(28-17)24(25,26)27)23(32)20-21(30)14-8-9-15(12-14)22(20)31/h10-11,14-15,32H,2-9,12-13H2,1H3. The number of halogens is 3. The maximum absolute atomic E-state index is 13.2. The molecule has 1 aromatic heterocycles. The number of fused-ring (bicyclic) bond motifs is 2. The molecular formula is C24H28F3NO5. The number of esters is 1. The van der Waals surface area contributed by atoms with Gasteiger partial charge in [-0.3, -0.25) is 14.4 Å². The minimum Gasteiger partial charge on any atom is -0.506 e. The van der Waals surface area contributed by atoms with Gasteiger partial charge >= 0.3 is 12.1 Å². The Morgan fingerprint density at radius 3 is 2.33 bits per heavy atom. The highest BCUT2D eigenvalue weighted by Crippen LogP contribution is 2.42. The van der Waals surface area contributed by atoms with Crippen molar-refractivity contribution in [3.8, 4) is 0 Å². The lowest BCUT2D eigenvalue weighted by Crippen LogP contribution is -2.30. The van der Waals surface area contributed by atoms with Crippen LogP contribution in [0.5, 0.6) is 0 Å². The molecule has 2 atom stereocenters. The summed E-state index contributed by atoms with van der Waals surface area (Å²) in [4.78, 5) is 41.0. The normalized spacial score (nSPS) is 20.3. The topological polar surface area (TPSA) is 93.6 Å². The van der Waals surface area contributed by atoms with Crippen molar-refractivity contribution in [3.63, 3.8) is 0 Å². The Morgan fingerprint density at radius 2 is 1.73 bits per heavy atom. The van der Waals surface area contributed by atoms with E-state index in [9.17, 15) is 32.7 Å². The van der Waals surface area contributed by atoms with E-state index in [0.29, 0.717) is 31.7 Å². The molecule has 2 aliphatic rings. The van der Waals surface area contributed by atoms with Crippen LogP contribution in [0.15, 0.2) is 17.7 Å². The number of unbranched alkanes of at least 4 members (excludes halogenated alkanes) is 4. The number of nitrogens with zero attached hydrogens (tertiary/aromatic N) is 1. The summed E-state index contributed by atoms with van der Waals surface area (Å²) < 4.78 is 44.7. The predicted octanol–water partition coefficient (Wildman–Crippen LogP) is 5.34. The number of hydrogen-bond acceptors (Lipinski definition) is 6. The summed E-state index contributed by atoms with van der Waals surface area (Å²) in [7, 11) is 0. The molecular weight excluding hydrogens is 439 g/mol. The zero-order valence-corrected chi connectivity index (χ0v) is 18.5. The summed E-state index contributed by atoms with van der Waals surface area (Å²) in [6.07, 6.45) is 1.41. The minimum atomic E-state index is -4.76. The second-order valence-electron chi connectivity index (χ2n) is 8.67. The van der Waals surface area contributed by atoms with Crippen molar-refractivity contribution in [2.24, 2.45) is 11.8 Å². The molecule has 1 N–H and O–H groups in total. The van der Waals surface area contributed by atoms with Crippen LogP contribution in [-0.4, -0.2) is 27.6 Å². The number of aliphatic hydroxyl groups excluding tert-OH is 1. The predicted molar refractivity (Wildman–Crippen MR) is 113 cm³/mol. The van der Waals surface area contributed by atoms with Crippen LogP contribution in [0.25, 0.3) is 5.76 Å². The molecule has 6 nitrogen and oxygen atoms in total. The second kappa shape index (κ2) is 10.5. The number of ether oxygens (including phenoxy) is 1. The average Bonchev–Trinajstić information content (AvgIpc) is 3.23. The Labute approximate surface area is 190 Å². The zero-order chi connectivity index (χ0) is 24.2. The first kappa shape index (κ1) is 24.9. The maximum Gasteiger partial charge on any atom is 0.433 e. The lowest BCUT2D eigenvalue weighted by molar-refractivity contribution is -0.145. The molecule has 2 unspecified atom stereocenters. The fraction of sp³-hybridized carbons (Fsp3) is 0.583. The largest absolute Gasteiger partial charge is 0.506 e. The van der Waals surface area contributed by atoms with Crippen molar-refractivity contribution in [2.75, 3.05) is 0 Å². The van der Waals surface area contributed by atoms with E-state index in [2.05, 4.69) is 11.9 Å². The molecule has 1 aromatic rings. The fourth-order valence-electron chi connectivity index (χ4n) is 4.43. The van der Waals surface area contributed by atoms with E-state index in [0.717, 1.165) is 31.7 Å². The first-order valence-electron chi connectivity index (χ1n) is 11.4. The van der Waals surface area contributed by atoms with Crippen molar-refractivity contribution in [1.82, 2.24) is 4.98 Å². The molecule has 1 heterocycles. The molecule has 180 valence electrons. The van der Waals surface area contributed by atoms with Gasteiger partial charge in [0.1, 0.15) is 23.6 Å². The smallest absolute Gasteiger partial charge is 0.433 e. The lowest BCUT2D eigenvalue weighted by Gasteiger charge is -2.21. The Bertz CT molecular complexity index is 930. The summed E-state index contributed by atoms with van der Waals surface area (Å²) in [5.74, 6) is -3.04. The van der Waals surface area contributed by atoms with Crippen LogP contribution >= 0.6 is 0 Å². The van der Waals surface area contributed by atoms with E-state index in [1.165, 1.54) is 0 Å². The average molecular weight is 467 g/mol. The minimum absolute atomic E-state index is 0.116. The highest BCUT2D eigenvalue weighted by atomic mass is 19.4. The Kier molecular flexibility index (Phi) is 7.92. The second-order valence-corrected chi connectivity index (χ2v) is 8.67. The summed E-state index contributed by atoms with van der Waals surface area (Å²) in [6, 6.07) is 1.63. The van der Waals surface area contributed by atoms with Crippen LogP contribution in [0.2, 0.25) is 0 Å². The number of hydrogen-bond donors (Lipinski definition) is 1. The third-order valence-electron chi connectivity index (χ3n) is 6.28. The van der Waals surface area contributed by atoms with Gasteiger partial charge in [-0.15, -0.1) is 0 Å². The van der Waals surface area contributed by atoms with E-state index in [1.54, 1.807) is 0 Å². The van der Waals surface area contributed by atoms with Crippen LogP contribution in [0, 0.1) is 11.8 Å². The maximum atomic E-state index is 13.2. The summed E-state index contributed by atoms with van der Waals surface area (Å²) in [5, 5.41) is 10.8. The van der Waals surface area contributed by atoms with Crippen LogP contribution in [-0.2, 0) is 31.9 Å². The van der Waals surface area contributed by atoms with Gasteiger partial charge in [0, 0.05) is 23.8 Å². The van der Waals surface area contributed by atoms with E-state index >= 15 is 0 Å². The van der Waals surface area contributed by atoms with Crippen molar-refractivity contribution < 1.29 is 37.4 Å². The van der Waals surface area contributed by atoms with Gasteiger partial charge in [-0.1, -0.05) is 32.6 Å². The Balaban J connectivity index is 1.84. The number of aliphatic hydroxyl groups is 1. The summed E-state index contributed by atoms with van der Waals surface area (Å²) >= 11 is 0. The van der Waals surface area contributed by atoms with Gasteiger partial charge in [-0.25, -0.2) is 4.98 Å². The molecule has 0 radical (unpaired) electrons. The molecule has 0 saturated heterocycles. The SMILES string of the molecule is CCCCCCCC(=O)OCc1nc(C(F)(F)F)ccc1C(O)=C1C(=O)C2CCC(C2)C1=O. The van der Waals surface area contributed by atoms with E-state index in [-0.39, 0.29) is 35.1 Å². The molecule has 0 aliphatic heterocycles. The van der Waals surface area contributed by atoms with Crippen molar-refractivity contribution in [3.05, 3.63) is 34.7 Å². The van der Waals surface area contributed by atoms with Crippen LogP contribution in [0.3, 0.4) is 0 Å². The highest BCUT2D eigenvalue weighted by molar-refractivity contribution is 6.27. The monoisotopic (exact) mass is 467 g/mol. The number of ketones is 2. The van der Waals surface area contributed by atoms with Gasteiger partial charge in [0.2, 0.25) is 0 Å². The van der Waals surface area contributed by atoms with Crippen LogP contribution in [0.4, 0.5) is 13.2 Å². The number of carbonyl (C=O) groups is 3. The molecule has 2 fully saturated rings. The summed E-state index contributed by atoms with van der Waals surface area (Å²) in [6.45, 7) is 1.46. The number of allylic oxidation sites excluding steroid dienone is 1. The van der Waals surface area contributed by atoms with E-state index in [1.807, 2.05) is 0 Å². The van der Waals surface area contributed by atoms with Crippen LogP contribution in [0.1, 0.15) is 81.7 Å². The zero-order valence-electron chi connectivity index (χ0n) is 18.5. The number of Topliss-reactive ketones (excluding diaryl/α,β-unsaturated/α-hetero) is 2. The number of alkyl halides is 3. The number of pyridine rings is 1. The van der Waals surface area contributed by atoms with E-state index in [4.69, 9.17) is 4.74 Å². The number of carbonyl (C=O) groups excluding carboxylic acids is 3. The number of rotatable bonds is 9. The Morgan fingerprint density at radius 1 is 1.09 bits per heavy atom. The molecule has 2 bridgehead atoms. The van der Waals surface area contributed by atoms with Gasteiger partial charge in [0.25, 0.3) is 0 Å². The van der Waals surface area contributed by atoms with Gasteiger partial charge in [0.15, 0.2) is 11.6 Å². The van der Waals surface area contributed by atoms with Crippen molar-refractivity contribution >= 4 is 23.3 Å². The first-order valence-corrected chi connectivity index (χ1v) is 11.4. The molecule has 0 spiro atoms. The van der Waals surface area contributed by atoms with Crippen LogP contribution < -0.4 is 0 Å². The number of aromatic nitrogens is 1. The summed E-state index contributed by atoms with van der Waals surface area (Å²) in [5.41, 5.74) is -2.18. The third-order valence-corrected chi connectivity index (χ3v) is 6.28. The van der Waals surface area contributed by atoms with Gasteiger partial charge < -0.3 is 9.84 Å². The third kappa shape index (κ3) is 5.81. The molecule has 33 heavy (non-hydrogen) atoms. The van der Waals surface area contributed by atoms with Gasteiger partial charge in [-0.05, 0) is 37.8 Å². The molecule has 3 rings (SSSR count). The molecule has 2 saturated carbocycles. The molecule has 0 amide bonds. The lowest BCUT2D eigenvalue weighted by atomic mass is 9.81.